The molecular formula is C11H20ClNO. The first-order chi connectivity index (χ1) is 6.66. The molecule has 0 bridgehead atoms. The summed E-state index contributed by atoms with van der Waals surface area (Å²) >= 11 is 5.73. The number of carbonyl (C=O) groups excluding carboxylic acids is 1. The molecule has 1 aliphatic rings. The van der Waals surface area contributed by atoms with Crippen molar-refractivity contribution in [1.82, 2.24) is 4.90 Å². The molecule has 1 rings (SSSR count). The van der Waals surface area contributed by atoms with Gasteiger partial charge in [-0.25, -0.2) is 0 Å². The van der Waals surface area contributed by atoms with E-state index in [1.807, 2.05) is 18.7 Å². The number of hydrogen-bond acceptors (Lipinski definition) is 1. The van der Waals surface area contributed by atoms with Gasteiger partial charge in [-0.05, 0) is 12.8 Å². The Morgan fingerprint density at radius 1 is 1.43 bits per heavy atom. The normalized spacial score (nSPS) is 17.7. The van der Waals surface area contributed by atoms with Gasteiger partial charge in [0.05, 0.1) is 0 Å². The van der Waals surface area contributed by atoms with Crippen LogP contribution in [-0.2, 0) is 4.79 Å². The van der Waals surface area contributed by atoms with E-state index in [9.17, 15) is 4.79 Å². The van der Waals surface area contributed by atoms with E-state index < -0.39 is 0 Å². The van der Waals surface area contributed by atoms with Gasteiger partial charge in [-0.15, -0.1) is 11.6 Å². The van der Waals surface area contributed by atoms with Gasteiger partial charge in [0.15, 0.2) is 0 Å². The molecule has 1 amide bonds. The summed E-state index contributed by atoms with van der Waals surface area (Å²) in [5.41, 5.74) is 0. The van der Waals surface area contributed by atoms with Crippen molar-refractivity contribution in [3.8, 4) is 0 Å². The van der Waals surface area contributed by atoms with Crippen LogP contribution in [0.3, 0.4) is 0 Å². The van der Waals surface area contributed by atoms with Gasteiger partial charge in [-0.2, -0.15) is 0 Å². The molecule has 1 saturated carbocycles. The van der Waals surface area contributed by atoms with Gasteiger partial charge >= 0.3 is 0 Å². The Bertz CT molecular complexity index is 188. The molecule has 0 N–H and O–H groups in total. The molecule has 0 atom stereocenters. The lowest BCUT2D eigenvalue weighted by Crippen LogP contribution is -2.42. The van der Waals surface area contributed by atoms with Gasteiger partial charge in [0.25, 0.3) is 0 Å². The molecule has 2 nitrogen and oxygen atoms in total. The van der Waals surface area contributed by atoms with Crippen molar-refractivity contribution in [3.05, 3.63) is 0 Å². The average Bonchev–Trinajstić information content (AvgIpc) is 2.65. The minimum absolute atomic E-state index is 0.0961. The van der Waals surface area contributed by atoms with Gasteiger partial charge in [-0.3, -0.25) is 4.79 Å². The molecule has 0 spiro atoms. The highest BCUT2D eigenvalue weighted by Crippen LogP contribution is 2.24. The van der Waals surface area contributed by atoms with E-state index >= 15 is 0 Å². The maximum Gasteiger partial charge on any atom is 0.225 e. The summed E-state index contributed by atoms with van der Waals surface area (Å²) in [7, 11) is 0. The van der Waals surface area contributed by atoms with Crippen LogP contribution in [0.2, 0.25) is 0 Å². The number of carbonyl (C=O) groups is 1. The van der Waals surface area contributed by atoms with Crippen LogP contribution in [0.5, 0.6) is 0 Å². The Balaban J connectivity index is 2.57. The minimum Gasteiger partial charge on any atom is -0.338 e. The number of rotatable bonds is 4. The molecule has 14 heavy (non-hydrogen) atoms. The Labute approximate surface area is 91.6 Å². The Morgan fingerprint density at radius 2 is 2.00 bits per heavy atom. The highest BCUT2D eigenvalue weighted by atomic mass is 35.5. The van der Waals surface area contributed by atoms with E-state index in [0.29, 0.717) is 18.5 Å². The molecule has 0 aromatic heterocycles. The first kappa shape index (κ1) is 11.8. The third-order valence-corrected chi connectivity index (χ3v) is 3.04. The Hall–Kier alpha value is -0.240. The molecule has 0 unspecified atom stereocenters. The number of nitrogens with zero attached hydrogens (tertiary/aromatic N) is 1. The van der Waals surface area contributed by atoms with Gasteiger partial charge in [-0.1, -0.05) is 26.7 Å². The number of amides is 1. The predicted molar refractivity (Wildman–Crippen MR) is 59.5 cm³/mol. The standard InChI is InChI=1S/C11H20ClNO/c1-9(2)11(14)13(8-7-12)10-5-3-4-6-10/h9-10H,3-8H2,1-2H3. The first-order valence-electron chi connectivity index (χ1n) is 5.53. The van der Waals surface area contributed by atoms with Crippen molar-refractivity contribution in [2.75, 3.05) is 12.4 Å². The third kappa shape index (κ3) is 2.88. The number of halogens is 1. The van der Waals surface area contributed by atoms with Gasteiger partial charge in [0.1, 0.15) is 0 Å². The van der Waals surface area contributed by atoms with Crippen LogP contribution in [0.4, 0.5) is 0 Å². The molecule has 0 saturated heterocycles. The lowest BCUT2D eigenvalue weighted by molar-refractivity contribution is -0.136. The smallest absolute Gasteiger partial charge is 0.225 e. The van der Waals surface area contributed by atoms with Crippen LogP contribution < -0.4 is 0 Å². The fourth-order valence-electron chi connectivity index (χ4n) is 2.11. The van der Waals surface area contributed by atoms with Crippen molar-refractivity contribution in [3.63, 3.8) is 0 Å². The average molecular weight is 218 g/mol. The molecule has 1 fully saturated rings. The summed E-state index contributed by atoms with van der Waals surface area (Å²) in [5.74, 6) is 0.908. The van der Waals surface area contributed by atoms with Crippen molar-refractivity contribution < 1.29 is 4.79 Å². The molecule has 3 heteroatoms. The van der Waals surface area contributed by atoms with Gasteiger partial charge in [0, 0.05) is 24.4 Å². The van der Waals surface area contributed by atoms with Crippen molar-refractivity contribution in [2.45, 2.75) is 45.6 Å². The SMILES string of the molecule is CC(C)C(=O)N(CCCl)C1CCCC1. The molecule has 0 radical (unpaired) electrons. The zero-order valence-electron chi connectivity index (χ0n) is 9.13. The van der Waals surface area contributed by atoms with Gasteiger partial charge in [0.2, 0.25) is 5.91 Å². The molecule has 0 heterocycles. The van der Waals surface area contributed by atoms with E-state index in [-0.39, 0.29) is 11.8 Å². The van der Waals surface area contributed by atoms with E-state index in [1.54, 1.807) is 0 Å². The second kappa shape index (κ2) is 5.59. The molecule has 0 aromatic carbocycles. The fraction of sp³-hybridized carbons (Fsp3) is 0.909. The van der Waals surface area contributed by atoms with Gasteiger partial charge < -0.3 is 4.90 Å². The van der Waals surface area contributed by atoms with Crippen LogP contribution in [0.15, 0.2) is 0 Å². The van der Waals surface area contributed by atoms with Crippen molar-refractivity contribution in [1.29, 1.82) is 0 Å². The minimum atomic E-state index is 0.0961. The molecule has 0 aromatic rings. The van der Waals surface area contributed by atoms with E-state index in [2.05, 4.69) is 0 Å². The lowest BCUT2D eigenvalue weighted by Gasteiger charge is -2.29. The molecule has 0 aliphatic heterocycles. The zero-order valence-corrected chi connectivity index (χ0v) is 9.89. The van der Waals surface area contributed by atoms with Crippen molar-refractivity contribution >= 4 is 17.5 Å². The van der Waals surface area contributed by atoms with Crippen LogP contribution >= 0.6 is 11.6 Å². The number of hydrogen-bond donors (Lipinski definition) is 0. The largest absolute Gasteiger partial charge is 0.338 e. The fourth-order valence-corrected chi connectivity index (χ4v) is 2.29. The van der Waals surface area contributed by atoms with Crippen LogP contribution in [0.25, 0.3) is 0 Å². The van der Waals surface area contributed by atoms with E-state index in [1.165, 1.54) is 12.8 Å². The molecule has 1 aliphatic carbocycles. The first-order valence-corrected chi connectivity index (χ1v) is 6.06. The maximum atomic E-state index is 11.9. The van der Waals surface area contributed by atoms with Crippen LogP contribution in [0.1, 0.15) is 39.5 Å². The molecule has 82 valence electrons. The quantitative estimate of drug-likeness (QED) is 0.663. The number of alkyl halides is 1. The van der Waals surface area contributed by atoms with Crippen LogP contribution in [-0.4, -0.2) is 29.3 Å². The summed E-state index contributed by atoms with van der Waals surface area (Å²) in [6.45, 7) is 4.63. The Kier molecular flexibility index (Phi) is 4.73. The molecular weight excluding hydrogens is 198 g/mol. The topological polar surface area (TPSA) is 20.3 Å². The lowest BCUT2D eigenvalue weighted by atomic mass is 10.1. The summed E-state index contributed by atoms with van der Waals surface area (Å²) in [5, 5.41) is 0. The van der Waals surface area contributed by atoms with Crippen LogP contribution in [0, 0.1) is 5.92 Å². The second-order valence-corrected chi connectivity index (χ2v) is 4.69. The predicted octanol–water partition coefficient (Wildman–Crippen LogP) is 2.65. The highest BCUT2D eigenvalue weighted by Gasteiger charge is 2.27. The Morgan fingerprint density at radius 3 is 2.43 bits per heavy atom. The highest BCUT2D eigenvalue weighted by molar-refractivity contribution is 6.18. The van der Waals surface area contributed by atoms with E-state index in [4.69, 9.17) is 11.6 Å². The van der Waals surface area contributed by atoms with E-state index in [0.717, 1.165) is 12.8 Å². The van der Waals surface area contributed by atoms with Crippen molar-refractivity contribution in [2.24, 2.45) is 5.92 Å². The third-order valence-electron chi connectivity index (χ3n) is 2.87. The summed E-state index contributed by atoms with van der Waals surface area (Å²) < 4.78 is 0. The second-order valence-electron chi connectivity index (χ2n) is 4.31. The summed E-state index contributed by atoms with van der Waals surface area (Å²) in [6.07, 6.45) is 4.84. The summed E-state index contributed by atoms with van der Waals surface area (Å²) in [4.78, 5) is 13.9. The monoisotopic (exact) mass is 217 g/mol. The summed E-state index contributed by atoms with van der Waals surface area (Å²) in [6, 6.07) is 0.462. The zero-order chi connectivity index (χ0) is 10.6. The maximum absolute atomic E-state index is 11.9.